The number of halogens is 3. The lowest BCUT2D eigenvalue weighted by Gasteiger charge is -2.09. The minimum atomic E-state index is -3.09. The van der Waals surface area contributed by atoms with Crippen molar-refractivity contribution in [3.63, 3.8) is 0 Å². The van der Waals surface area contributed by atoms with Gasteiger partial charge < -0.3 is 15.8 Å². The minimum absolute atomic E-state index is 0.209. The Labute approximate surface area is 121 Å². The van der Waals surface area contributed by atoms with Crippen molar-refractivity contribution in [1.29, 1.82) is 0 Å². The monoisotopic (exact) mass is 304 g/mol. The van der Waals surface area contributed by atoms with Crippen LogP contribution in [0.3, 0.4) is 0 Å². The molecule has 1 rings (SSSR count). The van der Waals surface area contributed by atoms with Gasteiger partial charge >= 0.3 is 6.61 Å². The van der Waals surface area contributed by atoms with Crippen molar-refractivity contribution in [2.45, 2.75) is 38.7 Å². The number of hydrogen-bond donors (Lipinski definition) is 2. The molecule has 1 aromatic rings. The summed E-state index contributed by atoms with van der Waals surface area (Å²) in [6.45, 7) is -2.45. The number of benzene rings is 1. The Kier molecular flexibility index (Phi) is 7.60. The standard InChI is InChI=1S/C14H19F3N2O2/c15-11-9-10(6-7-12(11)21-14(16)17)19-13(20)5-3-1-2-4-8-18/h6-7,9,14H,1-5,8,18H2,(H,19,20). The van der Waals surface area contributed by atoms with Crippen molar-refractivity contribution in [3.8, 4) is 5.75 Å². The number of anilines is 1. The third-order valence-corrected chi connectivity index (χ3v) is 2.79. The molecule has 0 bridgehead atoms. The van der Waals surface area contributed by atoms with E-state index in [9.17, 15) is 18.0 Å². The van der Waals surface area contributed by atoms with Crippen molar-refractivity contribution < 1.29 is 22.7 Å². The zero-order valence-corrected chi connectivity index (χ0v) is 11.6. The van der Waals surface area contributed by atoms with Crippen molar-refractivity contribution >= 4 is 11.6 Å². The van der Waals surface area contributed by atoms with E-state index >= 15 is 0 Å². The van der Waals surface area contributed by atoms with Crippen LogP contribution in [0.1, 0.15) is 32.1 Å². The first-order valence-corrected chi connectivity index (χ1v) is 6.77. The number of nitrogens with one attached hydrogen (secondary N) is 1. The second-order valence-electron chi connectivity index (χ2n) is 4.52. The topological polar surface area (TPSA) is 64.4 Å². The van der Waals surface area contributed by atoms with E-state index in [2.05, 4.69) is 10.1 Å². The van der Waals surface area contributed by atoms with Crippen LogP contribution in [0, 0.1) is 5.82 Å². The molecule has 4 nitrogen and oxygen atoms in total. The van der Waals surface area contributed by atoms with E-state index in [0.29, 0.717) is 13.0 Å². The van der Waals surface area contributed by atoms with E-state index in [4.69, 9.17) is 5.73 Å². The van der Waals surface area contributed by atoms with Crippen LogP contribution in [0.15, 0.2) is 18.2 Å². The molecule has 7 heteroatoms. The summed E-state index contributed by atoms with van der Waals surface area (Å²) in [4.78, 5) is 11.6. The first-order valence-electron chi connectivity index (χ1n) is 6.77. The number of nitrogens with two attached hydrogens (primary N) is 1. The Bertz CT molecular complexity index is 456. The number of carbonyl (C=O) groups is 1. The zero-order valence-electron chi connectivity index (χ0n) is 11.6. The van der Waals surface area contributed by atoms with Crippen LogP contribution in [0.4, 0.5) is 18.9 Å². The Balaban J connectivity index is 2.40. The van der Waals surface area contributed by atoms with Crippen LogP contribution in [0.2, 0.25) is 0 Å². The average molecular weight is 304 g/mol. The minimum Gasteiger partial charge on any atom is -0.432 e. The van der Waals surface area contributed by atoms with Gasteiger partial charge in [-0.2, -0.15) is 8.78 Å². The van der Waals surface area contributed by atoms with E-state index in [1.165, 1.54) is 6.07 Å². The van der Waals surface area contributed by atoms with E-state index in [1.54, 1.807) is 0 Å². The van der Waals surface area contributed by atoms with Gasteiger partial charge in [-0.25, -0.2) is 4.39 Å². The third-order valence-electron chi connectivity index (χ3n) is 2.79. The van der Waals surface area contributed by atoms with Crippen LogP contribution >= 0.6 is 0 Å². The SMILES string of the molecule is NCCCCCCC(=O)Nc1ccc(OC(F)F)c(F)c1. The molecule has 0 aromatic heterocycles. The summed E-state index contributed by atoms with van der Waals surface area (Å²) in [7, 11) is 0. The van der Waals surface area contributed by atoms with Gasteiger partial charge in [0.15, 0.2) is 11.6 Å². The highest BCUT2D eigenvalue weighted by molar-refractivity contribution is 5.90. The number of amides is 1. The second kappa shape index (κ2) is 9.23. The second-order valence-corrected chi connectivity index (χ2v) is 4.52. The molecule has 0 aliphatic rings. The number of alkyl halides is 2. The molecule has 0 radical (unpaired) electrons. The van der Waals surface area contributed by atoms with Crippen molar-refractivity contribution in [2.24, 2.45) is 5.73 Å². The molecule has 1 aromatic carbocycles. The molecular formula is C14H19F3N2O2. The molecule has 118 valence electrons. The van der Waals surface area contributed by atoms with Crippen molar-refractivity contribution in [1.82, 2.24) is 0 Å². The molecule has 3 N–H and O–H groups in total. The van der Waals surface area contributed by atoms with Gasteiger partial charge in [-0.1, -0.05) is 12.8 Å². The molecule has 0 spiro atoms. The van der Waals surface area contributed by atoms with Gasteiger partial charge in [-0.3, -0.25) is 4.79 Å². The fraction of sp³-hybridized carbons (Fsp3) is 0.500. The maximum Gasteiger partial charge on any atom is 0.387 e. The fourth-order valence-electron chi connectivity index (χ4n) is 1.78. The number of unbranched alkanes of at least 4 members (excludes halogenated alkanes) is 3. The maximum atomic E-state index is 13.4. The summed E-state index contributed by atoms with van der Waals surface area (Å²) in [5.74, 6) is -1.74. The molecule has 0 atom stereocenters. The smallest absolute Gasteiger partial charge is 0.387 e. The molecule has 0 unspecified atom stereocenters. The van der Waals surface area contributed by atoms with Gasteiger partial charge in [0.1, 0.15) is 0 Å². The summed E-state index contributed by atoms with van der Waals surface area (Å²) in [5, 5.41) is 2.51. The zero-order chi connectivity index (χ0) is 15.7. The molecule has 0 aliphatic heterocycles. The lowest BCUT2D eigenvalue weighted by molar-refractivity contribution is -0.116. The molecule has 1 amide bonds. The average Bonchev–Trinajstić information content (AvgIpc) is 2.41. The Hall–Kier alpha value is -1.76. The predicted molar refractivity (Wildman–Crippen MR) is 73.8 cm³/mol. The summed E-state index contributed by atoms with van der Waals surface area (Å²) in [5.41, 5.74) is 5.57. The molecule has 0 heterocycles. The largest absolute Gasteiger partial charge is 0.432 e. The Morgan fingerprint density at radius 1 is 1.24 bits per heavy atom. The van der Waals surface area contributed by atoms with E-state index in [1.807, 2.05) is 0 Å². The maximum absolute atomic E-state index is 13.4. The van der Waals surface area contributed by atoms with Gasteiger partial charge in [0.2, 0.25) is 5.91 Å². The van der Waals surface area contributed by atoms with Gasteiger partial charge in [0.05, 0.1) is 0 Å². The Morgan fingerprint density at radius 3 is 2.57 bits per heavy atom. The number of ether oxygens (including phenoxy) is 1. The highest BCUT2D eigenvalue weighted by Crippen LogP contribution is 2.23. The van der Waals surface area contributed by atoms with Crippen LogP contribution in [-0.2, 0) is 4.79 Å². The van der Waals surface area contributed by atoms with Crippen molar-refractivity contribution in [3.05, 3.63) is 24.0 Å². The van der Waals surface area contributed by atoms with Crippen LogP contribution in [-0.4, -0.2) is 19.1 Å². The highest BCUT2D eigenvalue weighted by atomic mass is 19.3. The molecular weight excluding hydrogens is 285 g/mol. The van der Waals surface area contributed by atoms with Crippen LogP contribution < -0.4 is 15.8 Å². The molecule has 0 aliphatic carbocycles. The first-order chi connectivity index (χ1) is 10.0. The first kappa shape index (κ1) is 17.3. The summed E-state index contributed by atoms with van der Waals surface area (Å²) in [6, 6.07) is 3.31. The molecule has 0 saturated heterocycles. The quantitative estimate of drug-likeness (QED) is 0.688. The lowest BCUT2D eigenvalue weighted by Crippen LogP contribution is -2.11. The third kappa shape index (κ3) is 6.99. The highest BCUT2D eigenvalue weighted by Gasteiger charge is 2.11. The summed E-state index contributed by atoms with van der Waals surface area (Å²) in [6.07, 6.45) is 3.85. The van der Waals surface area contributed by atoms with Gasteiger partial charge in [-0.05, 0) is 31.5 Å². The molecule has 0 fully saturated rings. The number of hydrogen-bond acceptors (Lipinski definition) is 3. The summed E-state index contributed by atoms with van der Waals surface area (Å²) < 4.78 is 41.4. The van der Waals surface area contributed by atoms with E-state index < -0.39 is 18.2 Å². The molecule has 21 heavy (non-hydrogen) atoms. The fourth-order valence-corrected chi connectivity index (χ4v) is 1.78. The lowest BCUT2D eigenvalue weighted by atomic mass is 10.1. The van der Waals surface area contributed by atoms with E-state index in [-0.39, 0.29) is 11.6 Å². The number of carbonyl (C=O) groups excluding carboxylic acids is 1. The van der Waals surface area contributed by atoms with Gasteiger partial charge in [0, 0.05) is 18.2 Å². The van der Waals surface area contributed by atoms with E-state index in [0.717, 1.165) is 37.8 Å². The molecule has 0 saturated carbocycles. The van der Waals surface area contributed by atoms with Crippen LogP contribution in [0.5, 0.6) is 5.75 Å². The normalized spacial score (nSPS) is 10.7. The van der Waals surface area contributed by atoms with Gasteiger partial charge in [-0.15, -0.1) is 0 Å². The van der Waals surface area contributed by atoms with Crippen molar-refractivity contribution in [2.75, 3.05) is 11.9 Å². The summed E-state index contributed by atoms with van der Waals surface area (Å²) >= 11 is 0. The number of rotatable bonds is 9. The predicted octanol–water partition coefficient (Wildman–Crippen LogP) is 3.27. The van der Waals surface area contributed by atoms with Gasteiger partial charge in [0.25, 0.3) is 0 Å². The Morgan fingerprint density at radius 2 is 1.95 bits per heavy atom. The van der Waals surface area contributed by atoms with Crippen LogP contribution in [0.25, 0.3) is 0 Å².